The van der Waals surface area contributed by atoms with E-state index in [9.17, 15) is 79.4 Å². The van der Waals surface area contributed by atoms with Crippen molar-refractivity contribution in [3.63, 3.8) is 0 Å². The Morgan fingerprint density at radius 1 is 0.553 bits per heavy atom. The normalized spacial score (nSPS) is 17.6. The first-order valence-electron chi connectivity index (χ1n) is 9.93. The summed E-state index contributed by atoms with van der Waals surface area (Å²) in [4.78, 5) is 11.4. The number of carbonyl (C=O) groups excluding carboxylic acids is 1. The van der Waals surface area contributed by atoms with Gasteiger partial charge in [-0.3, -0.25) is 9.47 Å². The highest BCUT2D eigenvalue weighted by atomic mass is 19.4. The van der Waals surface area contributed by atoms with Gasteiger partial charge in [0.1, 0.15) is 0 Å². The fourth-order valence-electron chi connectivity index (χ4n) is 2.29. The van der Waals surface area contributed by atoms with E-state index in [1.165, 1.54) is 4.74 Å². The van der Waals surface area contributed by atoms with Gasteiger partial charge in [0.25, 0.3) is 0 Å². The van der Waals surface area contributed by atoms with Gasteiger partial charge in [0.2, 0.25) is 0 Å². The number of rotatable bonds is 14. The van der Waals surface area contributed by atoms with E-state index in [1.807, 2.05) is 4.74 Å². The molecule has 0 aromatic heterocycles. The minimum absolute atomic E-state index is 0.0770. The van der Waals surface area contributed by atoms with E-state index in [4.69, 9.17) is 0 Å². The third-order valence-corrected chi connectivity index (χ3v) is 4.36. The van der Waals surface area contributed by atoms with Gasteiger partial charge in [-0.1, -0.05) is 39.0 Å². The van der Waals surface area contributed by atoms with Crippen LogP contribution >= 0.6 is 0 Å². The molecule has 2 unspecified atom stereocenters. The summed E-state index contributed by atoms with van der Waals surface area (Å²) in [5.74, 6) is -26.3. The summed E-state index contributed by atoms with van der Waals surface area (Å²) in [5.41, 5.74) is 0. The van der Waals surface area contributed by atoms with Crippen LogP contribution in [-0.4, -0.2) is 61.0 Å². The first-order chi connectivity index (χ1) is 16.6. The number of unbranched alkanes of at least 4 members (excludes halogenated alkanes) is 5. The van der Waals surface area contributed by atoms with E-state index < -0.39 is 61.0 Å². The van der Waals surface area contributed by atoms with Crippen LogP contribution in [-0.2, 0) is 19.0 Å². The van der Waals surface area contributed by atoms with E-state index in [1.54, 1.807) is 6.92 Å². The summed E-state index contributed by atoms with van der Waals surface area (Å²) in [6.45, 7) is 0.572. The Morgan fingerprint density at radius 2 is 1.00 bits per heavy atom. The summed E-state index contributed by atoms with van der Waals surface area (Å²) >= 11 is 0. The van der Waals surface area contributed by atoms with E-state index in [-0.39, 0.29) is 12.8 Å². The molecule has 228 valence electrons. The van der Waals surface area contributed by atoms with E-state index in [2.05, 4.69) is 4.74 Å². The van der Waals surface area contributed by atoms with Crippen LogP contribution in [0.25, 0.3) is 0 Å². The average Bonchev–Trinajstić information content (AvgIpc) is 2.69. The van der Waals surface area contributed by atoms with Crippen molar-refractivity contribution >= 4 is 5.97 Å². The standard InChI is InChI=1S/C17H17F17O4/c1-2-3-4-5-6-7-8-36-9(35)10(18,13(22,23)24)37-17(33,34)12(21,15(28,29)30)38-16(31,32)11(19,20)14(25,26)27/h2-8H2,1H3. The topological polar surface area (TPSA) is 44.8 Å². The fourth-order valence-corrected chi connectivity index (χ4v) is 2.29. The summed E-state index contributed by atoms with van der Waals surface area (Å²) in [6, 6.07) is 0. The van der Waals surface area contributed by atoms with Crippen molar-refractivity contribution < 1.29 is 93.6 Å². The highest BCUT2D eigenvalue weighted by Crippen LogP contribution is 2.56. The molecule has 0 N–H and O–H groups in total. The van der Waals surface area contributed by atoms with Crippen LogP contribution in [0.4, 0.5) is 74.6 Å². The van der Waals surface area contributed by atoms with Crippen molar-refractivity contribution in [2.24, 2.45) is 0 Å². The zero-order chi connectivity index (χ0) is 30.6. The Kier molecular flexibility index (Phi) is 11.2. The van der Waals surface area contributed by atoms with Gasteiger partial charge < -0.3 is 4.74 Å². The zero-order valence-corrected chi connectivity index (χ0v) is 18.5. The quantitative estimate of drug-likeness (QED) is 0.115. The molecule has 0 rings (SSSR count). The maximum atomic E-state index is 14.2. The molecule has 0 bridgehead atoms. The number of halogens is 17. The summed E-state index contributed by atoms with van der Waals surface area (Å²) < 4.78 is 228. The van der Waals surface area contributed by atoms with Gasteiger partial charge in [0.15, 0.2) is 0 Å². The van der Waals surface area contributed by atoms with Gasteiger partial charge in [0.05, 0.1) is 6.61 Å². The van der Waals surface area contributed by atoms with Crippen LogP contribution in [0, 0.1) is 0 Å². The van der Waals surface area contributed by atoms with Crippen LogP contribution in [0.5, 0.6) is 0 Å². The third kappa shape index (κ3) is 7.65. The minimum atomic E-state index is -8.04. The second kappa shape index (κ2) is 11.7. The Hall–Kier alpha value is -1.80. The molecule has 38 heavy (non-hydrogen) atoms. The maximum absolute atomic E-state index is 14.2. The second-order valence-electron chi connectivity index (χ2n) is 7.40. The lowest BCUT2D eigenvalue weighted by Crippen LogP contribution is -2.68. The predicted octanol–water partition coefficient (Wildman–Crippen LogP) is 7.76. The first-order valence-corrected chi connectivity index (χ1v) is 9.93. The lowest BCUT2D eigenvalue weighted by molar-refractivity contribution is -0.548. The summed E-state index contributed by atoms with van der Waals surface area (Å²) in [6.07, 6.45) is -36.5. The van der Waals surface area contributed by atoms with Gasteiger partial charge >= 0.3 is 54.3 Å². The molecule has 4 nitrogen and oxygen atoms in total. The van der Waals surface area contributed by atoms with Crippen LogP contribution in [0.1, 0.15) is 45.4 Å². The molecule has 0 aliphatic heterocycles. The van der Waals surface area contributed by atoms with Crippen molar-refractivity contribution in [1.29, 1.82) is 0 Å². The number of carbonyl (C=O) groups is 1. The Balaban J connectivity index is 6.22. The minimum Gasteiger partial charge on any atom is -0.461 e. The maximum Gasteiger partial charge on any atom is 0.462 e. The number of hydrogen-bond acceptors (Lipinski definition) is 4. The van der Waals surface area contributed by atoms with Crippen LogP contribution in [0.15, 0.2) is 0 Å². The van der Waals surface area contributed by atoms with Crippen LogP contribution in [0.2, 0.25) is 0 Å². The number of ether oxygens (including phenoxy) is 3. The molecule has 21 heteroatoms. The van der Waals surface area contributed by atoms with Gasteiger partial charge in [-0.2, -0.15) is 74.6 Å². The second-order valence-corrected chi connectivity index (χ2v) is 7.40. The van der Waals surface area contributed by atoms with Gasteiger partial charge in [-0.15, -0.1) is 0 Å². The fraction of sp³-hybridized carbons (Fsp3) is 0.941. The molecule has 0 aliphatic carbocycles. The Morgan fingerprint density at radius 3 is 1.39 bits per heavy atom. The summed E-state index contributed by atoms with van der Waals surface area (Å²) in [7, 11) is 0. The molecule has 0 amide bonds. The van der Waals surface area contributed by atoms with E-state index in [0.717, 1.165) is 6.42 Å². The molecule has 0 fully saturated rings. The molecule has 0 saturated carbocycles. The number of alkyl halides is 17. The summed E-state index contributed by atoms with van der Waals surface area (Å²) in [5, 5.41) is 0. The van der Waals surface area contributed by atoms with Crippen molar-refractivity contribution in [2.75, 3.05) is 6.61 Å². The molecule has 0 saturated heterocycles. The van der Waals surface area contributed by atoms with Gasteiger partial charge in [0, 0.05) is 0 Å². The third-order valence-electron chi connectivity index (χ3n) is 4.36. The lowest BCUT2D eigenvalue weighted by Gasteiger charge is -2.39. The molecule has 0 spiro atoms. The Labute approximate surface area is 201 Å². The molecule has 0 heterocycles. The van der Waals surface area contributed by atoms with E-state index in [0.29, 0.717) is 19.3 Å². The zero-order valence-electron chi connectivity index (χ0n) is 18.5. The first kappa shape index (κ1) is 36.2. The van der Waals surface area contributed by atoms with Crippen molar-refractivity contribution in [3.8, 4) is 0 Å². The Bertz CT molecular complexity index is 776. The van der Waals surface area contributed by atoms with Gasteiger partial charge in [-0.05, 0) is 6.42 Å². The highest BCUT2D eigenvalue weighted by molar-refractivity contribution is 5.78. The molecule has 0 radical (unpaired) electrons. The molecule has 0 aromatic carbocycles. The van der Waals surface area contributed by atoms with Crippen LogP contribution in [0.3, 0.4) is 0 Å². The number of esters is 1. The average molecular weight is 608 g/mol. The molecular formula is C17H17F17O4. The van der Waals surface area contributed by atoms with E-state index >= 15 is 0 Å². The van der Waals surface area contributed by atoms with Crippen molar-refractivity contribution in [2.45, 2.75) is 93.8 Å². The molecule has 2 atom stereocenters. The monoisotopic (exact) mass is 608 g/mol. The molecule has 0 aliphatic rings. The largest absolute Gasteiger partial charge is 0.462 e. The smallest absolute Gasteiger partial charge is 0.461 e. The van der Waals surface area contributed by atoms with Crippen LogP contribution < -0.4 is 0 Å². The highest BCUT2D eigenvalue weighted by Gasteiger charge is 2.85. The molecular weight excluding hydrogens is 591 g/mol. The van der Waals surface area contributed by atoms with Gasteiger partial charge in [-0.25, -0.2) is 4.79 Å². The molecule has 0 aromatic rings. The number of hydrogen-bond donors (Lipinski definition) is 0. The van der Waals surface area contributed by atoms with Crippen molar-refractivity contribution in [3.05, 3.63) is 0 Å². The predicted molar refractivity (Wildman–Crippen MR) is 87.2 cm³/mol. The van der Waals surface area contributed by atoms with Crippen molar-refractivity contribution in [1.82, 2.24) is 0 Å². The SMILES string of the molecule is CCCCCCCCOC(=O)C(F)(OC(F)(F)C(F)(OC(F)(F)C(F)(F)C(F)(F)F)C(F)(F)F)C(F)(F)F. The lowest BCUT2D eigenvalue weighted by atomic mass is 10.1.